The molecule has 4 rings (SSSR count). The lowest BCUT2D eigenvalue weighted by Crippen LogP contribution is -2.40. The molecule has 0 fully saturated rings. The molecule has 0 radical (unpaired) electrons. The molecule has 134 valence electrons. The van der Waals surface area contributed by atoms with Crippen molar-refractivity contribution in [2.24, 2.45) is 12.2 Å². The Kier molecular flexibility index (Phi) is 3.91. The number of hydrogen-bond donors (Lipinski definition) is 1. The Morgan fingerprint density at radius 3 is 2.54 bits per heavy atom. The fourth-order valence-electron chi connectivity index (χ4n) is 3.40. The van der Waals surface area contributed by atoms with E-state index in [2.05, 4.69) is 5.10 Å². The van der Waals surface area contributed by atoms with Gasteiger partial charge in [-0.05, 0) is 29.7 Å². The Labute approximate surface area is 150 Å². The number of hydrogen-bond acceptors (Lipinski definition) is 4. The third-order valence-electron chi connectivity index (χ3n) is 4.77. The summed E-state index contributed by atoms with van der Waals surface area (Å²) in [5, 5.41) is 11.1. The van der Waals surface area contributed by atoms with Crippen LogP contribution in [-0.4, -0.2) is 29.0 Å². The second-order valence-corrected chi connectivity index (χ2v) is 7.98. The van der Waals surface area contributed by atoms with Gasteiger partial charge in [-0.1, -0.05) is 30.3 Å². The SMILES string of the molecule is Cn1nc(-c2ccc3c(c2)CCN(S(N)(=O)=O)C3)c2ccccc2c1=O. The largest absolute Gasteiger partial charge is 0.277 e. The van der Waals surface area contributed by atoms with Crippen molar-refractivity contribution < 1.29 is 8.42 Å². The van der Waals surface area contributed by atoms with Gasteiger partial charge in [-0.3, -0.25) is 4.79 Å². The van der Waals surface area contributed by atoms with Crippen molar-refractivity contribution in [2.45, 2.75) is 13.0 Å². The molecule has 26 heavy (non-hydrogen) atoms. The molecule has 0 aliphatic carbocycles. The molecule has 0 unspecified atom stereocenters. The van der Waals surface area contributed by atoms with E-state index in [4.69, 9.17) is 5.14 Å². The van der Waals surface area contributed by atoms with Crippen LogP contribution in [0.25, 0.3) is 22.0 Å². The minimum atomic E-state index is -3.69. The Balaban J connectivity index is 1.83. The van der Waals surface area contributed by atoms with E-state index in [0.29, 0.717) is 18.4 Å². The minimum absolute atomic E-state index is 0.133. The summed E-state index contributed by atoms with van der Waals surface area (Å²) in [4.78, 5) is 12.3. The maximum atomic E-state index is 12.3. The molecule has 7 nitrogen and oxygen atoms in total. The number of benzene rings is 2. The van der Waals surface area contributed by atoms with E-state index >= 15 is 0 Å². The quantitative estimate of drug-likeness (QED) is 0.732. The fourth-order valence-corrected chi connectivity index (χ4v) is 4.07. The maximum Gasteiger partial charge on any atom is 0.277 e. The van der Waals surface area contributed by atoms with Gasteiger partial charge >= 0.3 is 0 Å². The van der Waals surface area contributed by atoms with Crippen LogP contribution in [0.1, 0.15) is 11.1 Å². The second-order valence-electron chi connectivity index (χ2n) is 6.43. The molecule has 1 aliphatic heterocycles. The lowest BCUT2D eigenvalue weighted by Gasteiger charge is -2.26. The fraction of sp³-hybridized carbons (Fsp3) is 0.222. The first kappa shape index (κ1) is 16.9. The van der Waals surface area contributed by atoms with Gasteiger partial charge in [0.05, 0.1) is 11.1 Å². The summed E-state index contributed by atoms with van der Waals surface area (Å²) in [6, 6.07) is 13.2. The molecule has 2 N–H and O–H groups in total. The monoisotopic (exact) mass is 370 g/mol. The van der Waals surface area contributed by atoms with Crippen molar-refractivity contribution in [1.29, 1.82) is 0 Å². The normalized spacial score (nSPS) is 15.2. The predicted molar refractivity (Wildman–Crippen MR) is 99.6 cm³/mol. The lowest BCUT2D eigenvalue weighted by molar-refractivity contribution is 0.392. The molecule has 0 amide bonds. The van der Waals surface area contributed by atoms with Gasteiger partial charge in [0, 0.05) is 31.1 Å². The van der Waals surface area contributed by atoms with Crippen molar-refractivity contribution in [3.63, 3.8) is 0 Å². The number of rotatable bonds is 2. The van der Waals surface area contributed by atoms with Crippen molar-refractivity contribution in [1.82, 2.24) is 14.1 Å². The van der Waals surface area contributed by atoms with E-state index in [1.165, 1.54) is 8.99 Å². The van der Waals surface area contributed by atoms with Crippen LogP contribution in [0.15, 0.2) is 47.3 Å². The Morgan fingerprint density at radius 1 is 1.08 bits per heavy atom. The number of fused-ring (bicyclic) bond motifs is 2. The summed E-state index contributed by atoms with van der Waals surface area (Å²) >= 11 is 0. The molecule has 0 bridgehead atoms. The van der Waals surface area contributed by atoms with Gasteiger partial charge in [0.2, 0.25) is 0 Å². The van der Waals surface area contributed by atoms with E-state index in [-0.39, 0.29) is 12.1 Å². The maximum absolute atomic E-state index is 12.3. The average molecular weight is 370 g/mol. The summed E-state index contributed by atoms with van der Waals surface area (Å²) in [6.45, 7) is 0.632. The zero-order valence-corrected chi connectivity index (χ0v) is 15.0. The van der Waals surface area contributed by atoms with Gasteiger partial charge < -0.3 is 0 Å². The first-order valence-electron chi connectivity index (χ1n) is 8.21. The smallest absolute Gasteiger partial charge is 0.267 e. The van der Waals surface area contributed by atoms with Gasteiger partial charge in [-0.25, -0.2) is 9.82 Å². The van der Waals surface area contributed by atoms with Gasteiger partial charge in [0.25, 0.3) is 15.8 Å². The highest BCUT2D eigenvalue weighted by Gasteiger charge is 2.24. The van der Waals surface area contributed by atoms with Crippen molar-refractivity contribution in [2.75, 3.05) is 6.54 Å². The van der Waals surface area contributed by atoms with Crippen LogP contribution in [0.2, 0.25) is 0 Å². The summed E-state index contributed by atoms with van der Waals surface area (Å²) < 4.78 is 25.7. The number of aryl methyl sites for hydroxylation is 1. The summed E-state index contributed by atoms with van der Waals surface area (Å²) in [5.74, 6) is 0. The average Bonchev–Trinajstić information content (AvgIpc) is 2.63. The highest BCUT2D eigenvalue weighted by Crippen LogP contribution is 2.29. The number of nitrogens with two attached hydrogens (primary N) is 1. The van der Waals surface area contributed by atoms with Crippen LogP contribution >= 0.6 is 0 Å². The molecular weight excluding hydrogens is 352 g/mol. The van der Waals surface area contributed by atoms with Crippen LogP contribution in [0, 0.1) is 0 Å². The van der Waals surface area contributed by atoms with Crippen LogP contribution in [0.4, 0.5) is 0 Å². The third-order valence-corrected chi connectivity index (χ3v) is 5.80. The molecule has 0 saturated carbocycles. The number of aromatic nitrogens is 2. The van der Waals surface area contributed by atoms with Gasteiger partial charge in [-0.15, -0.1) is 0 Å². The first-order valence-corrected chi connectivity index (χ1v) is 9.71. The van der Waals surface area contributed by atoms with Gasteiger partial charge in [0.15, 0.2) is 0 Å². The van der Waals surface area contributed by atoms with E-state index < -0.39 is 10.2 Å². The van der Waals surface area contributed by atoms with Gasteiger partial charge in [-0.2, -0.15) is 17.8 Å². The molecule has 1 aromatic heterocycles. The van der Waals surface area contributed by atoms with E-state index in [9.17, 15) is 13.2 Å². The lowest BCUT2D eigenvalue weighted by atomic mass is 9.96. The molecular formula is C18H18N4O3S. The Morgan fingerprint density at radius 2 is 1.81 bits per heavy atom. The molecule has 3 aromatic rings. The van der Waals surface area contributed by atoms with Crippen molar-refractivity contribution in [3.05, 3.63) is 63.9 Å². The summed E-state index contributed by atoms with van der Waals surface area (Å²) in [6.07, 6.45) is 0.587. The zero-order chi connectivity index (χ0) is 18.5. The van der Waals surface area contributed by atoms with Crippen molar-refractivity contribution >= 4 is 21.0 Å². The molecule has 0 atom stereocenters. The highest BCUT2D eigenvalue weighted by atomic mass is 32.2. The Hall–Kier alpha value is -2.55. The Bertz CT molecular complexity index is 1180. The molecule has 2 heterocycles. The van der Waals surface area contributed by atoms with Crippen LogP contribution in [-0.2, 0) is 30.2 Å². The highest BCUT2D eigenvalue weighted by molar-refractivity contribution is 7.86. The predicted octanol–water partition coefficient (Wildman–Crippen LogP) is 1.16. The number of nitrogens with zero attached hydrogens (tertiary/aromatic N) is 3. The van der Waals surface area contributed by atoms with Gasteiger partial charge in [0.1, 0.15) is 0 Å². The standard InChI is InChI=1S/C18H18N4O3S/c1-21-18(23)16-5-3-2-4-15(16)17(20-21)13-6-7-14-11-22(26(19,24)25)9-8-12(14)10-13/h2-7,10H,8-9,11H2,1H3,(H2,19,24,25). The molecule has 1 aliphatic rings. The second kappa shape index (κ2) is 6.01. The van der Waals surface area contributed by atoms with Crippen LogP contribution < -0.4 is 10.7 Å². The molecule has 0 saturated heterocycles. The summed E-state index contributed by atoms with van der Waals surface area (Å²) in [7, 11) is -2.05. The topological polar surface area (TPSA) is 98.3 Å². The third kappa shape index (κ3) is 2.82. The molecule has 2 aromatic carbocycles. The zero-order valence-electron chi connectivity index (χ0n) is 14.2. The first-order chi connectivity index (χ1) is 12.3. The van der Waals surface area contributed by atoms with E-state index in [0.717, 1.165) is 27.8 Å². The summed E-state index contributed by atoms with van der Waals surface area (Å²) in [5.41, 5.74) is 3.51. The van der Waals surface area contributed by atoms with Crippen LogP contribution in [0.3, 0.4) is 0 Å². The molecule has 8 heteroatoms. The molecule has 0 spiro atoms. The van der Waals surface area contributed by atoms with Crippen molar-refractivity contribution in [3.8, 4) is 11.3 Å². The minimum Gasteiger partial charge on any atom is -0.267 e. The van der Waals surface area contributed by atoms with E-state index in [1.54, 1.807) is 13.1 Å². The van der Waals surface area contributed by atoms with Crippen LogP contribution in [0.5, 0.6) is 0 Å². The van der Waals surface area contributed by atoms with E-state index in [1.807, 2.05) is 36.4 Å².